The fourth-order valence-corrected chi connectivity index (χ4v) is 2.48. The molecule has 0 aromatic carbocycles. The molecule has 2 rings (SSSR count). The third kappa shape index (κ3) is 3.32. The van der Waals surface area contributed by atoms with E-state index < -0.39 is 0 Å². The topological polar surface area (TPSA) is 42.7 Å². The Morgan fingerprint density at radius 1 is 1.19 bits per heavy atom. The smallest absolute Gasteiger partial charge is 0.0832 e. The van der Waals surface area contributed by atoms with Crippen LogP contribution in [0.4, 0.5) is 0 Å². The summed E-state index contributed by atoms with van der Waals surface area (Å²) in [5, 5.41) is 8.12. The van der Waals surface area contributed by atoms with Crippen molar-refractivity contribution in [3.8, 4) is 5.69 Å². The van der Waals surface area contributed by atoms with Crippen LogP contribution >= 0.6 is 0 Å². The molecule has 0 spiro atoms. The van der Waals surface area contributed by atoms with Crippen molar-refractivity contribution in [2.24, 2.45) is 0 Å². The fourth-order valence-electron chi connectivity index (χ4n) is 2.48. The minimum atomic E-state index is 0.334. The Kier molecular flexibility index (Phi) is 5.12. The van der Waals surface area contributed by atoms with Gasteiger partial charge < -0.3 is 5.32 Å². The van der Waals surface area contributed by atoms with E-state index in [-0.39, 0.29) is 0 Å². The van der Waals surface area contributed by atoms with Crippen molar-refractivity contribution in [1.29, 1.82) is 0 Å². The minimum absolute atomic E-state index is 0.334. The number of nitrogens with one attached hydrogen (secondary N) is 1. The van der Waals surface area contributed by atoms with Crippen LogP contribution in [0.5, 0.6) is 0 Å². The second-order valence-electron chi connectivity index (χ2n) is 5.56. The molecule has 0 radical (unpaired) electrons. The first-order valence-electron chi connectivity index (χ1n) is 7.81. The lowest BCUT2D eigenvalue weighted by atomic mass is 10.1. The second-order valence-corrected chi connectivity index (χ2v) is 5.56. The van der Waals surface area contributed by atoms with Gasteiger partial charge in [0.25, 0.3) is 0 Å². The molecule has 0 saturated carbocycles. The predicted octanol–water partition coefficient (Wildman–Crippen LogP) is 3.64. The van der Waals surface area contributed by atoms with Crippen molar-refractivity contribution in [3.63, 3.8) is 0 Å². The number of nitrogens with zero attached hydrogens (tertiary/aromatic N) is 3. The van der Waals surface area contributed by atoms with Crippen LogP contribution in [-0.4, -0.2) is 21.3 Å². The van der Waals surface area contributed by atoms with Crippen LogP contribution < -0.4 is 5.32 Å². The number of aryl methyl sites for hydroxylation is 1. The van der Waals surface area contributed by atoms with Crippen molar-refractivity contribution in [2.45, 2.75) is 53.5 Å². The summed E-state index contributed by atoms with van der Waals surface area (Å²) in [6, 6.07) is 4.55. The van der Waals surface area contributed by atoms with Crippen molar-refractivity contribution in [2.75, 3.05) is 6.54 Å². The lowest BCUT2D eigenvalue weighted by molar-refractivity contribution is 0.507. The molecule has 0 aliphatic heterocycles. The first kappa shape index (κ1) is 15.7. The molecule has 1 unspecified atom stereocenters. The zero-order valence-corrected chi connectivity index (χ0v) is 13.8. The molecule has 0 bridgehead atoms. The molecule has 0 aliphatic rings. The summed E-state index contributed by atoms with van der Waals surface area (Å²) < 4.78 is 1.97. The van der Waals surface area contributed by atoms with Gasteiger partial charge in [0, 0.05) is 11.7 Å². The van der Waals surface area contributed by atoms with Crippen molar-refractivity contribution < 1.29 is 0 Å². The Bertz CT molecular complexity index is 584. The van der Waals surface area contributed by atoms with E-state index in [1.165, 1.54) is 11.3 Å². The fraction of sp³-hybridized carbons (Fsp3) is 0.529. The van der Waals surface area contributed by atoms with Gasteiger partial charge in [-0.05, 0) is 57.9 Å². The maximum Gasteiger partial charge on any atom is 0.0832 e. The van der Waals surface area contributed by atoms with E-state index in [2.05, 4.69) is 55.2 Å². The van der Waals surface area contributed by atoms with E-state index in [0.717, 1.165) is 36.5 Å². The summed E-state index contributed by atoms with van der Waals surface area (Å²) in [7, 11) is 0. The lowest BCUT2D eigenvalue weighted by Crippen LogP contribution is -2.22. The second kappa shape index (κ2) is 6.85. The molecule has 0 aliphatic carbocycles. The highest BCUT2D eigenvalue weighted by Crippen LogP contribution is 2.19. The molecule has 114 valence electrons. The van der Waals surface area contributed by atoms with E-state index in [1.54, 1.807) is 0 Å². The Balaban J connectivity index is 2.23. The number of hydrogen-bond donors (Lipinski definition) is 1. The quantitative estimate of drug-likeness (QED) is 0.881. The highest BCUT2D eigenvalue weighted by Gasteiger charge is 2.12. The monoisotopic (exact) mass is 286 g/mol. The van der Waals surface area contributed by atoms with E-state index in [4.69, 9.17) is 0 Å². The highest BCUT2D eigenvalue weighted by atomic mass is 15.3. The highest BCUT2D eigenvalue weighted by molar-refractivity contribution is 5.35. The largest absolute Gasteiger partial charge is 0.309 e. The summed E-state index contributed by atoms with van der Waals surface area (Å²) in [5.74, 6) is 0. The molecule has 2 aromatic heterocycles. The number of hydrogen-bond acceptors (Lipinski definition) is 3. The van der Waals surface area contributed by atoms with Crippen LogP contribution in [0.2, 0.25) is 0 Å². The van der Waals surface area contributed by atoms with E-state index in [0.29, 0.717) is 6.04 Å². The molecular weight excluding hydrogens is 260 g/mol. The molecule has 0 amide bonds. The zero-order valence-electron chi connectivity index (χ0n) is 13.8. The standard InChI is InChI=1S/C17H26N4/c1-6-10-18-16(7-2)17-9-8-15(11-19-17)21-14(5)12(3)13(4)20-21/h8-9,11,16,18H,6-7,10H2,1-5H3. The molecule has 0 saturated heterocycles. The summed E-state index contributed by atoms with van der Waals surface area (Å²) in [6.07, 6.45) is 4.11. The van der Waals surface area contributed by atoms with Gasteiger partial charge in [-0.1, -0.05) is 13.8 Å². The van der Waals surface area contributed by atoms with Gasteiger partial charge in [-0.25, -0.2) is 4.68 Å². The van der Waals surface area contributed by atoms with Gasteiger partial charge in [-0.15, -0.1) is 0 Å². The molecule has 1 atom stereocenters. The van der Waals surface area contributed by atoms with Crippen LogP contribution in [-0.2, 0) is 0 Å². The van der Waals surface area contributed by atoms with Crippen molar-refractivity contribution >= 4 is 0 Å². The maximum absolute atomic E-state index is 4.64. The molecule has 4 nitrogen and oxygen atoms in total. The van der Waals surface area contributed by atoms with Gasteiger partial charge >= 0.3 is 0 Å². The first-order valence-corrected chi connectivity index (χ1v) is 7.81. The molecule has 2 heterocycles. The normalized spacial score (nSPS) is 12.6. The summed E-state index contributed by atoms with van der Waals surface area (Å²) in [5.41, 5.74) is 5.63. The van der Waals surface area contributed by atoms with Crippen LogP contribution in [0, 0.1) is 20.8 Å². The first-order chi connectivity index (χ1) is 10.1. The van der Waals surface area contributed by atoms with Crippen LogP contribution in [0.3, 0.4) is 0 Å². The molecule has 1 N–H and O–H groups in total. The average Bonchev–Trinajstić information content (AvgIpc) is 2.76. The summed E-state index contributed by atoms with van der Waals surface area (Å²) >= 11 is 0. The average molecular weight is 286 g/mol. The van der Waals surface area contributed by atoms with Crippen molar-refractivity contribution in [3.05, 3.63) is 41.0 Å². The van der Waals surface area contributed by atoms with Gasteiger partial charge in [0.2, 0.25) is 0 Å². The van der Waals surface area contributed by atoms with E-state index in [1.807, 2.05) is 17.8 Å². The Labute approximate surface area is 127 Å². The SMILES string of the molecule is CCCNC(CC)c1ccc(-n2nc(C)c(C)c2C)cn1. The Morgan fingerprint density at radius 3 is 2.43 bits per heavy atom. The van der Waals surface area contributed by atoms with Crippen LogP contribution in [0.15, 0.2) is 18.3 Å². The third-order valence-corrected chi connectivity index (χ3v) is 4.07. The van der Waals surface area contributed by atoms with Crippen LogP contribution in [0.25, 0.3) is 5.69 Å². The number of pyridine rings is 1. The summed E-state index contributed by atoms with van der Waals surface area (Å²) in [4.78, 5) is 4.64. The van der Waals surface area contributed by atoms with Gasteiger partial charge in [0.05, 0.1) is 23.3 Å². The molecule has 4 heteroatoms. The molecule has 21 heavy (non-hydrogen) atoms. The minimum Gasteiger partial charge on any atom is -0.309 e. The number of aromatic nitrogens is 3. The Morgan fingerprint density at radius 2 is 1.95 bits per heavy atom. The Hall–Kier alpha value is -1.68. The van der Waals surface area contributed by atoms with Gasteiger partial charge in [0.15, 0.2) is 0 Å². The van der Waals surface area contributed by atoms with E-state index in [9.17, 15) is 0 Å². The van der Waals surface area contributed by atoms with Gasteiger partial charge in [-0.2, -0.15) is 5.10 Å². The molecule has 0 fully saturated rings. The summed E-state index contributed by atoms with van der Waals surface area (Å²) in [6.45, 7) is 11.6. The third-order valence-electron chi connectivity index (χ3n) is 4.07. The van der Waals surface area contributed by atoms with E-state index >= 15 is 0 Å². The van der Waals surface area contributed by atoms with Gasteiger partial charge in [0.1, 0.15) is 0 Å². The predicted molar refractivity (Wildman–Crippen MR) is 86.9 cm³/mol. The molecular formula is C17H26N4. The lowest BCUT2D eigenvalue weighted by Gasteiger charge is -2.16. The van der Waals surface area contributed by atoms with Gasteiger partial charge in [-0.3, -0.25) is 4.98 Å². The zero-order chi connectivity index (χ0) is 15.4. The number of rotatable bonds is 6. The van der Waals surface area contributed by atoms with Crippen LogP contribution in [0.1, 0.15) is 55.4 Å². The maximum atomic E-state index is 4.64. The van der Waals surface area contributed by atoms with Crippen molar-refractivity contribution in [1.82, 2.24) is 20.1 Å². The molecule has 2 aromatic rings.